The number of alkyl halides is 2. The SMILES string of the molecule is CCOSOc1cc(B2OC(C)(C)C(C)(C)O2)cnc1-c1cn(C)c(OCC(C)(F)F)cc1=O. The van der Waals surface area contributed by atoms with Gasteiger partial charge in [-0.2, -0.15) is 0 Å². The fourth-order valence-electron chi connectivity index (χ4n) is 3.08. The molecule has 2 aromatic rings. The van der Waals surface area contributed by atoms with Gasteiger partial charge < -0.3 is 22.8 Å². The fourth-order valence-corrected chi connectivity index (χ4v) is 3.42. The molecule has 0 saturated carbocycles. The van der Waals surface area contributed by atoms with Gasteiger partial charge in [-0.1, -0.05) is 0 Å². The minimum atomic E-state index is -3.03. The summed E-state index contributed by atoms with van der Waals surface area (Å²) < 4.78 is 56.0. The van der Waals surface area contributed by atoms with Crippen LogP contribution in [0, 0.1) is 0 Å². The topological polar surface area (TPSA) is 81.0 Å². The third-order valence-electron chi connectivity index (χ3n) is 5.61. The first-order chi connectivity index (χ1) is 15.7. The summed E-state index contributed by atoms with van der Waals surface area (Å²) in [7, 11) is 0.903. The second kappa shape index (κ2) is 9.84. The summed E-state index contributed by atoms with van der Waals surface area (Å²) in [5.41, 5.74) is -0.492. The van der Waals surface area contributed by atoms with Crippen molar-refractivity contribution in [3.63, 3.8) is 0 Å². The van der Waals surface area contributed by atoms with E-state index in [-0.39, 0.29) is 22.9 Å². The van der Waals surface area contributed by atoms with E-state index in [0.29, 0.717) is 12.1 Å². The minimum absolute atomic E-state index is 0.00951. The highest BCUT2D eigenvalue weighted by molar-refractivity contribution is 7.90. The van der Waals surface area contributed by atoms with Crippen molar-refractivity contribution in [3.8, 4) is 22.9 Å². The van der Waals surface area contributed by atoms with Crippen LogP contribution in [0.2, 0.25) is 0 Å². The van der Waals surface area contributed by atoms with Crippen LogP contribution in [-0.2, 0) is 20.5 Å². The number of aromatic nitrogens is 2. The van der Waals surface area contributed by atoms with Crippen molar-refractivity contribution in [2.24, 2.45) is 7.05 Å². The molecule has 8 nitrogen and oxygen atoms in total. The summed E-state index contributed by atoms with van der Waals surface area (Å²) >= 11 is 0.752. The van der Waals surface area contributed by atoms with Crippen LogP contribution in [0.4, 0.5) is 8.78 Å². The molecular formula is C22H29BF2N2O6S. The molecule has 1 aliphatic heterocycles. The second-order valence-corrected chi connectivity index (χ2v) is 9.66. The molecule has 34 heavy (non-hydrogen) atoms. The number of ether oxygens (including phenoxy) is 1. The van der Waals surface area contributed by atoms with E-state index in [1.807, 2.05) is 34.6 Å². The second-order valence-electron chi connectivity index (χ2n) is 9.12. The first kappa shape index (κ1) is 26.5. The number of halogens is 2. The van der Waals surface area contributed by atoms with Gasteiger partial charge in [0.05, 0.1) is 23.4 Å². The Balaban J connectivity index is 1.97. The maximum atomic E-state index is 13.2. The van der Waals surface area contributed by atoms with Crippen molar-refractivity contribution in [3.05, 3.63) is 34.7 Å². The molecule has 3 heterocycles. The minimum Gasteiger partial charge on any atom is -0.472 e. The highest BCUT2D eigenvalue weighted by Gasteiger charge is 2.52. The molecule has 0 aliphatic carbocycles. The molecule has 0 N–H and O–H groups in total. The normalized spacial score (nSPS) is 17.1. The predicted octanol–water partition coefficient (Wildman–Crippen LogP) is 3.76. The van der Waals surface area contributed by atoms with Crippen molar-refractivity contribution in [2.75, 3.05) is 13.2 Å². The number of rotatable bonds is 9. The molecule has 1 aliphatic rings. The number of pyridine rings is 2. The highest BCUT2D eigenvalue weighted by Crippen LogP contribution is 2.37. The van der Waals surface area contributed by atoms with E-state index < -0.39 is 36.3 Å². The molecule has 3 rings (SSSR count). The van der Waals surface area contributed by atoms with Gasteiger partial charge in [-0.05, 0) is 40.7 Å². The lowest BCUT2D eigenvalue weighted by Gasteiger charge is -2.32. The summed E-state index contributed by atoms with van der Waals surface area (Å²) in [5.74, 6) is -2.76. The van der Waals surface area contributed by atoms with Crippen LogP contribution in [0.5, 0.6) is 11.6 Å². The average Bonchev–Trinajstić information content (AvgIpc) is 2.95. The smallest absolute Gasteiger partial charge is 0.472 e. The van der Waals surface area contributed by atoms with Crippen molar-refractivity contribution >= 4 is 24.9 Å². The average molecular weight is 498 g/mol. The van der Waals surface area contributed by atoms with Gasteiger partial charge in [-0.25, -0.2) is 8.78 Å². The van der Waals surface area contributed by atoms with Crippen molar-refractivity contribution in [1.82, 2.24) is 9.55 Å². The summed E-state index contributed by atoms with van der Waals surface area (Å²) in [6.45, 7) is 9.88. The van der Waals surface area contributed by atoms with Crippen LogP contribution in [0.25, 0.3) is 11.3 Å². The summed E-state index contributed by atoms with van der Waals surface area (Å²) in [4.78, 5) is 17.3. The van der Waals surface area contributed by atoms with Gasteiger partial charge in [0.15, 0.2) is 23.7 Å². The third kappa shape index (κ3) is 5.91. The monoisotopic (exact) mass is 498 g/mol. The molecule has 0 aromatic carbocycles. The highest BCUT2D eigenvalue weighted by atomic mass is 32.2. The van der Waals surface area contributed by atoms with E-state index in [2.05, 4.69) is 4.98 Å². The molecular weight excluding hydrogens is 469 g/mol. The molecule has 2 aromatic heterocycles. The zero-order valence-electron chi connectivity index (χ0n) is 20.3. The standard InChI is InChI=1S/C22H29BF2N2O6S/c1-8-30-34-31-17-9-14(23-32-20(2,3)21(4,5)33-23)11-26-19(17)15-12-27(7)18(10-16(15)28)29-13-22(6,24)25/h9-12H,8,13H2,1-7H3. The Morgan fingerprint density at radius 2 is 1.85 bits per heavy atom. The molecule has 0 atom stereocenters. The van der Waals surface area contributed by atoms with Crippen LogP contribution < -0.4 is 19.8 Å². The Morgan fingerprint density at radius 3 is 2.44 bits per heavy atom. The van der Waals surface area contributed by atoms with Gasteiger partial charge in [-0.3, -0.25) is 14.0 Å². The first-order valence-electron chi connectivity index (χ1n) is 10.8. The van der Waals surface area contributed by atoms with E-state index in [0.717, 1.165) is 25.3 Å². The Hall–Kier alpha value is -2.15. The predicted molar refractivity (Wildman–Crippen MR) is 127 cm³/mol. The molecule has 0 spiro atoms. The summed E-state index contributed by atoms with van der Waals surface area (Å²) in [6.07, 6.45) is 3.01. The zero-order valence-corrected chi connectivity index (χ0v) is 21.1. The number of hydrogen-bond donors (Lipinski definition) is 0. The van der Waals surface area contributed by atoms with E-state index in [1.54, 1.807) is 19.3 Å². The zero-order chi connectivity index (χ0) is 25.3. The summed E-state index contributed by atoms with van der Waals surface area (Å²) in [6, 6.07) is 2.82. The van der Waals surface area contributed by atoms with Crippen molar-refractivity contribution < 1.29 is 31.2 Å². The van der Waals surface area contributed by atoms with Gasteiger partial charge in [0.2, 0.25) is 12.3 Å². The fraction of sp³-hybridized carbons (Fsp3) is 0.545. The van der Waals surface area contributed by atoms with E-state index >= 15 is 0 Å². The van der Waals surface area contributed by atoms with Gasteiger partial charge in [0.25, 0.3) is 5.92 Å². The van der Waals surface area contributed by atoms with E-state index in [1.165, 1.54) is 10.8 Å². The van der Waals surface area contributed by atoms with Crippen LogP contribution >= 0.6 is 12.3 Å². The molecule has 0 radical (unpaired) electrons. The molecule has 0 bridgehead atoms. The third-order valence-corrected chi connectivity index (χ3v) is 6.19. The summed E-state index contributed by atoms with van der Waals surface area (Å²) in [5, 5.41) is 0. The Bertz CT molecular complexity index is 1070. The number of aryl methyl sites for hydroxylation is 1. The van der Waals surface area contributed by atoms with Gasteiger partial charge >= 0.3 is 7.12 Å². The van der Waals surface area contributed by atoms with Crippen LogP contribution in [0.3, 0.4) is 0 Å². The van der Waals surface area contributed by atoms with Crippen molar-refractivity contribution in [1.29, 1.82) is 0 Å². The molecule has 1 fully saturated rings. The van der Waals surface area contributed by atoms with Gasteiger partial charge in [0, 0.05) is 37.9 Å². The quantitative estimate of drug-likeness (QED) is 0.294. The van der Waals surface area contributed by atoms with E-state index in [4.69, 9.17) is 22.4 Å². The van der Waals surface area contributed by atoms with Crippen LogP contribution in [-0.4, -0.2) is 47.0 Å². The van der Waals surface area contributed by atoms with Crippen LogP contribution in [0.1, 0.15) is 41.5 Å². The van der Waals surface area contributed by atoms with Crippen LogP contribution in [0.15, 0.2) is 29.3 Å². The molecule has 1 saturated heterocycles. The maximum Gasteiger partial charge on any atom is 0.496 e. The first-order valence-corrected chi connectivity index (χ1v) is 11.4. The number of nitrogens with zero attached hydrogens (tertiary/aromatic N) is 2. The van der Waals surface area contributed by atoms with Gasteiger partial charge in [-0.15, -0.1) is 0 Å². The molecule has 0 amide bonds. The lowest BCUT2D eigenvalue weighted by Crippen LogP contribution is -2.41. The Labute approximate surface area is 202 Å². The van der Waals surface area contributed by atoms with E-state index in [9.17, 15) is 13.6 Å². The lowest BCUT2D eigenvalue weighted by molar-refractivity contribution is -0.0252. The maximum absolute atomic E-state index is 13.2. The largest absolute Gasteiger partial charge is 0.496 e. The van der Waals surface area contributed by atoms with Crippen molar-refractivity contribution in [2.45, 2.75) is 58.7 Å². The Kier molecular flexibility index (Phi) is 7.66. The molecule has 12 heteroatoms. The lowest BCUT2D eigenvalue weighted by atomic mass is 9.80. The number of hydrogen-bond acceptors (Lipinski definition) is 8. The van der Waals surface area contributed by atoms with Gasteiger partial charge in [0.1, 0.15) is 5.69 Å². The Morgan fingerprint density at radius 1 is 1.21 bits per heavy atom. The molecule has 0 unspecified atom stereocenters. The molecule has 186 valence electrons.